The van der Waals surface area contributed by atoms with E-state index < -0.39 is 3.79 Å². The topological polar surface area (TPSA) is 0 Å². The van der Waals surface area contributed by atoms with E-state index >= 15 is 0 Å². The van der Waals surface area contributed by atoms with Crippen molar-refractivity contribution in [3.63, 3.8) is 0 Å². The fourth-order valence-corrected chi connectivity index (χ4v) is 4.03. The zero-order valence-electron chi connectivity index (χ0n) is 7.41. The number of halogens is 4. The van der Waals surface area contributed by atoms with E-state index in [0.717, 1.165) is 12.8 Å². The Bertz CT molecular complexity index is 155. The van der Waals surface area contributed by atoms with Gasteiger partial charge in [0.25, 0.3) is 0 Å². The predicted molar refractivity (Wildman–Crippen MR) is 64.2 cm³/mol. The van der Waals surface area contributed by atoms with Gasteiger partial charge in [0.15, 0.2) is 3.79 Å². The molecule has 78 valence electrons. The molecule has 0 spiro atoms. The van der Waals surface area contributed by atoms with Gasteiger partial charge < -0.3 is 0 Å². The predicted octanol–water partition coefficient (Wildman–Crippen LogP) is 5.09. The second-order valence-corrected chi connectivity index (χ2v) is 7.20. The van der Waals surface area contributed by atoms with Gasteiger partial charge >= 0.3 is 0 Å². The van der Waals surface area contributed by atoms with Gasteiger partial charge in [-0.1, -0.05) is 76.4 Å². The first-order valence-electron chi connectivity index (χ1n) is 4.72. The van der Waals surface area contributed by atoms with E-state index in [2.05, 4.69) is 15.9 Å². The molecule has 0 aliphatic heterocycles. The van der Waals surface area contributed by atoms with Crippen LogP contribution in [-0.4, -0.2) is 8.62 Å². The third kappa shape index (κ3) is 4.15. The highest BCUT2D eigenvalue weighted by atomic mass is 79.9. The Morgan fingerprint density at radius 2 is 1.46 bits per heavy atom. The van der Waals surface area contributed by atoms with Crippen LogP contribution < -0.4 is 0 Å². The van der Waals surface area contributed by atoms with E-state index in [1.165, 1.54) is 25.7 Å². The third-order valence-electron chi connectivity index (χ3n) is 2.60. The summed E-state index contributed by atoms with van der Waals surface area (Å²) >= 11 is 21.4. The summed E-state index contributed by atoms with van der Waals surface area (Å²) in [7, 11) is 0. The first-order chi connectivity index (χ1) is 6.02. The molecular formula is C9H14BrCl3. The average Bonchev–Trinajstić information content (AvgIpc) is 1.94. The smallest absolute Gasteiger partial charge is 0.0886 e. The van der Waals surface area contributed by atoms with Crippen molar-refractivity contribution in [2.75, 3.05) is 0 Å². The van der Waals surface area contributed by atoms with Gasteiger partial charge in [-0.2, -0.15) is 0 Å². The number of alkyl halides is 4. The molecule has 1 rings (SSSR count). The Labute approximate surface area is 103 Å². The number of hydrogen-bond acceptors (Lipinski definition) is 0. The lowest BCUT2D eigenvalue weighted by Crippen LogP contribution is -2.29. The molecule has 1 aliphatic carbocycles. The number of rotatable bonds is 0. The molecule has 0 bridgehead atoms. The molecule has 1 saturated carbocycles. The standard InChI is InChI=1S/C9H14BrCl3/c10-8-6-4-2-1-3-5-7(8)9(11,12)13/h7-8H,1-6H2/t7-,8-/m1/s1. The molecule has 0 nitrogen and oxygen atoms in total. The highest BCUT2D eigenvalue weighted by molar-refractivity contribution is 9.09. The van der Waals surface area contributed by atoms with Gasteiger partial charge in [0, 0.05) is 10.7 Å². The van der Waals surface area contributed by atoms with Gasteiger partial charge in [-0.25, -0.2) is 0 Å². The van der Waals surface area contributed by atoms with E-state index in [9.17, 15) is 0 Å². The van der Waals surface area contributed by atoms with E-state index in [1.54, 1.807) is 0 Å². The molecular weight excluding hydrogens is 294 g/mol. The lowest BCUT2D eigenvalue weighted by atomic mass is 9.92. The maximum Gasteiger partial charge on any atom is 0.194 e. The first-order valence-corrected chi connectivity index (χ1v) is 6.77. The second-order valence-electron chi connectivity index (χ2n) is 3.66. The molecule has 0 N–H and O–H groups in total. The zero-order chi connectivity index (χ0) is 9.90. The zero-order valence-corrected chi connectivity index (χ0v) is 11.3. The van der Waals surface area contributed by atoms with E-state index in [4.69, 9.17) is 34.8 Å². The van der Waals surface area contributed by atoms with Gasteiger partial charge in [-0.3, -0.25) is 0 Å². The van der Waals surface area contributed by atoms with Crippen molar-refractivity contribution in [3.05, 3.63) is 0 Å². The van der Waals surface area contributed by atoms with Crippen LogP contribution in [0, 0.1) is 5.92 Å². The van der Waals surface area contributed by atoms with Crippen LogP contribution in [0.1, 0.15) is 38.5 Å². The second kappa shape index (κ2) is 5.44. The lowest BCUT2D eigenvalue weighted by Gasteiger charge is -2.30. The highest BCUT2D eigenvalue weighted by Crippen LogP contribution is 2.44. The van der Waals surface area contributed by atoms with E-state index in [1.807, 2.05) is 0 Å². The summed E-state index contributed by atoms with van der Waals surface area (Å²) in [6.45, 7) is 0. The maximum absolute atomic E-state index is 5.93. The monoisotopic (exact) mass is 306 g/mol. The summed E-state index contributed by atoms with van der Waals surface area (Å²) in [6.07, 6.45) is 7.16. The summed E-state index contributed by atoms with van der Waals surface area (Å²) in [4.78, 5) is 0.361. The molecule has 13 heavy (non-hydrogen) atoms. The summed E-state index contributed by atoms with van der Waals surface area (Å²) < 4.78 is -1.11. The van der Waals surface area contributed by atoms with Crippen LogP contribution in [-0.2, 0) is 0 Å². The van der Waals surface area contributed by atoms with Crippen LogP contribution in [0.4, 0.5) is 0 Å². The summed E-state index contributed by atoms with van der Waals surface area (Å²) in [5.74, 6) is 0.165. The number of hydrogen-bond donors (Lipinski definition) is 0. The normalized spacial score (nSPS) is 32.3. The first kappa shape index (κ1) is 12.4. The Morgan fingerprint density at radius 3 is 2.00 bits per heavy atom. The molecule has 1 aliphatic rings. The van der Waals surface area contributed by atoms with E-state index in [0.29, 0.717) is 4.83 Å². The van der Waals surface area contributed by atoms with Crippen LogP contribution in [0.15, 0.2) is 0 Å². The molecule has 0 amide bonds. The van der Waals surface area contributed by atoms with Crippen molar-refractivity contribution in [2.24, 2.45) is 5.92 Å². The van der Waals surface area contributed by atoms with Gasteiger partial charge in [0.2, 0.25) is 0 Å². The van der Waals surface area contributed by atoms with Crippen LogP contribution in [0.25, 0.3) is 0 Å². The molecule has 1 fully saturated rings. The van der Waals surface area contributed by atoms with Crippen molar-refractivity contribution in [2.45, 2.75) is 47.1 Å². The summed E-state index contributed by atoms with van der Waals surface area (Å²) in [5.41, 5.74) is 0. The Hall–Kier alpha value is 1.35. The molecule has 0 radical (unpaired) electrons. The largest absolute Gasteiger partial charge is 0.194 e. The fourth-order valence-electron chi connectivity index (χ4n) is 1.81. The van der Waals surface area contributed by atoms with Crippen molar-refractivity contribution in [1.29, 1.82) is 0 Å². The fraction of sp³-hybridized carbons (Fsp3) is 1.00. The molecule has 2 atom stereocenters. The average molecular weight is 308 g/mol. The van der Waals surface area contributed by atoms with Gasteiger partial charge in [-0.05, 0) is 12.8 Å². The minimum absolute atomic E-state index is 0.165. The Balaban J connectivity index is 2.56. The molecule has 0 saturated heterocycles. The maximum atomic E-state index is 5.93. The highest BCUT2D eigenvalue weighted by Gasteiger charge is 2.37. The molecule has 4 heteroatoms. The summed E-state index contributed by atoms with van der Waals surface area (Å²) in [5, 5.41) is 0. The van der Waals surface area contributed by atoms with Gasteiger partial charge in [0.1, 0.15) is 0 Å². The van der Waals surface area contributed by atoms with Crippen LogP contribution >= 0.6 is 50.7 Å². The molecule has 0 aromatic rings. The van der Waals surface area contributed by atoms with Crippen LogP contribution in [0.5, 0.6) is 0 Å². The van der Waals surface area contributed by atoms with Crippen molar-refractivity contribution in [1.82, 2.24) is 0 Å². The van der Waals surface area contributed by atoms with Crippen LogP contribution in [0.3, 0.4) is 0 Å². The van der Waals surface area contributed by atoms with Crippen LogP contribution in [0.2, 0.25) is 0 Å². The lowest BCUT2D eigenvalue weighted by molar-refractivity contribution is 0.398. The van der Waals surface area contributed by atoms with Crippen molar-refractivity contribution >= 4 is 50.7 Å². The van der Waals surface area contributed by atoms with Gasteiger partial charge in [0.05, 0.1) is 0 Å². The molecule has 0 aromatic heterocycles. The quantitative estimate of drug-likeness (QED) is 0.547. The van der Waals surface area contributed by atoms with E-state index in [-0.39, 0.29) is 5.92 Å². The Kier molecular flexibility index (Phi) is 5.20. The molecule has 0 unspecified atom stereocenters. The van der Waals surface area contributed by atoms with Crippen molar-refractivity contribution < 1.29 is 0 Å². The molecule has 0 aromatic carbocycles. The van der Waals surface area contributed by atoms with Gasteiger partial charge in [-0.15, -0.1) is 0 Å². The summed E-state index contributed by atoms with van der Waals surface area (Å²) in [6, 6.07) is 0. The minimum Gasteiger partial charge on any atom is -0.0886 e. The SMILES string of the molecule is ClC(Cl)(Cl)[C@@H]1CCCCCC[C@H]1Br. The molecule has 0 heterocycles. The minimum atomic E-state index is -1.11. The third-order valence-corrected chi connectivity index (χ3v) is 4.54. The van der Waals surface area contributed by atoms with Crippen molar-refractivity contribution in [3.8, 4) is 0 Å². The Morgan fingerprint density at radius 1 is 0.923 bits per heavy atom.